The van der Waals surface area contributed by atoms with Gasteiger partial charge < -0.3 is 11.1 Å². The van der Waals surface area contributed by atoms with Crippen molar-refractivity contribution in [2.24, 2.45) is 0 Å². The van der Waals surface area contributed by atoms with Gasteiger partial charge in [0.25, 0.3) is 0 Å². The predicted molar refractivity (Wildman–Crippen MR) is 63.7 cm³/mol. The lowest BCUT2D eigenvalue weighted by Gasteiger charge is -2.27. The van der Waals surface area contributed by atoms with E-state index in [4.69, 9.17) is 5.73 Å². The summed E-state index contributed by atoms with van der Waals surface area (Å²) in [6, 6.07) is 6.17. The van der Waals surface area contributed by atoms with E-state index in [0.717, 1.165) is 38.4 Å². The van der Waals surface area contributed by atoms with Gasteiger partial charge in [0.05, 0.1) is 0 Å². The summed E-state index contributed by atoms with van der Waals surface area (Å²) in [5.74, 6) is 0. The van der Waals surface area contributed by atoms with Gasteiger partial charge in [-0.2, -0.15) is 0 Å². The molecule has 0 aromatic heterocycles. The molecule has 3 N–H and O–H groups in total. The van der Waals surface area contributed by atoms with Crippen molar-refractivity contribution in [1.82, 2.24) is 10.2 Å². The van der Waals surface area contributed by atoms with Crippen molar-refractivity contribution in [3.05, 3.63) is 29.3 Å². The molecule has 1 aromatic carbocycles. The molecular formula is C12H19N3. The average molecular weight is 205 g/mol. The van der Waals surface area contributed by atoms with Crippen molar-refractivity contribution in [2.75, 3.05) is 31.9 Å². The fraction of sp³-hybridized carbons (Fsp3) is 0.500. The maximum atomic E-state index is 5.80. The van der Waals surface area contributed by atoms with Crippen LogP contribution in [0.1, 0.15) is 11.1 Å². The number of piperazine rings is 1. The van der Waals surface area contributed by atoms with Gasteiger partial charge >= 0.3 is 0 Å². The SMILES string of the molecule is Cc1ccc(N)cc1CN1CCNCC1. The molecule has 1 heterocycles. The number of benzene rings is 1. The standard InChI is InChI=1S/C12H19N3/c1-10-2-3-12(13)8-11(10)9-15-6-4-14-5-7-15/h2-3,8,14H,4-7,9,13H2,1H3. The molecule has 1 aromatic rings. The van der Waals surface area contributed by atoms with Crippen LogP contribution in [0.3, 0.4) is 0 Å². The Morgan fingerprint density at radius 1 is 1.33 bits per heavy atom. The van der Waals surface area contributed by atoms with Gasteiger partial charge in [0.2, 0.25) is 0 Å². The summed E-state index contributed by atoms with van der Waals surface area (Å²) in [5.41, 5.74) is 9.36. The minimum absolute atomic E-state index is 0.866. The second-order valence-electron chi connectivity index (χ2n) is 4.21. The lowest BCUT2D eigenvalue weighted by atomic mass is 10.1. The van der Waals surface area contributed by atoms with Gasteiger partial charge in [-0.05, 0) is 30.2 Å². The fourth-order valence-electron chi connectivity index (χ4n) is 1.97. The third kappa shape index (κ3) is 2.70. The molecule has 3 nitrogen and oxygen atoms in total. The first kappa shape index (κ1) is 10.5. The molecule has 1 aliphatic heterocycles. The number of anilines is 1. The number of rotatable bonds is 2. The molecule has 1 aliphatic rings. The number of nitrogens with two attached hydrogens (primary N) is 1. The maximum Gasteiger partial charge on any atom is 0.0317 e. The largest absolute Gasteiger partial charge is 0.399 e. The quantitative estimate of drug-likeness (QED) is 0.707. The van der Waals surface area contributed by atoms with Crippen molar-refractivity contribution < 1.29 is 0 Å². The molecule has 0 spiro atoms. The molecule has 0 atom stereocenters. The Morgan fingerprint density at radius 3 is 2.80 bits per heavy atom. The van der Waals surface area contributed by atoms with Crippen molar-refractivity contribution in [2.45, 2.75) is 13.5 Å². The smallest absolute Gasteiger partial charge is 0.0317 e. The Morgan fingerprint density at radius 2 is 2.07 bits per heavy atom. The highest BCUT2D eigenvalue weighted by molar-refractivity contribution is 5.44. The zero-order chi connectivity index (χ0) is 10.7. The molecule has 0 saturated carbocycles. The fourth-order valence-corrected chi connectivity index (χ4v) is 1.97. The van der Waals surface area contributed by atoms with Crippen molar-refractivity contribution in [1.29, 1.82) is 0 Å². The number of nitrogens with zero attached hydrogens (tertiary/aromatic N) is 1. The molecule has 0 amide bonds. The van der Waals surface area contributed by atoms with Gasteiger partial charge in [-0.3, -0.25) is 4.90 Å². The van der Waals surface area contributed by atoms with E-state index >= 15 is 0 Å². The van der Waals surface area contributed by atoms with Crippen LogP contribution in [0.4, 0.5) is 5.69 Å². The highest BCUT2D eigenvalue weighted by Gasteiger charge is 2.10. The van der Waals surface area contributed by atoms with E-state index in [1.54, 1.807) is 0 Å². The minimum Gasteiger partial charge on any atom is -0.399 e. The molecule has 1 saturated heterocycles. The molecular weight excluding hydrogens is 186 g/mol. The first-order chi connectivity index (χ1) is 7.25. The normalized spacial score (nSPS) is 17.9. The average Bonchev–Trinajstić information content (AvgIpc) is 2.25. The first-order valence-corrected chi connectivity index (χ1v) is 5.54. The molecule has 15 heavy (non-hydrogen) atoms. The van der Waals surface area contributed by atoms with E-state index in [9.17, 15) is 0 Å². The maximum absolute atomic E-state index is 5.80. The Bertz CT molecular complexity index is 330. The van der Waals surface area contributed by atoms with Crippen molar-refractivity contribution >= 4 is 5.69 Å². The van der Waals surface area contributed by atoms with Crippen molar-refractivity contribution in [3.8, 4) is 0 Å². The summed E-state index contributed by atoms with van der Waals surface area (Å²) < 4.78 is 0. The number of nitrogen functional groups attached to an aromatic ring is 1. The highest BCUT2D eigenvalue weighted by atomic mass is 15.2. The van der Waals surface area contributed by atoms with Gasteiger partial charge in [0.15, 0.2) is 0 Å². The summed E-state index contributed by atoms with van der Waals surface area (Å²) in [6.45, 7) is 7.64. The van der Waals surface area contributed by atoms with Crippen LogP contribution in [0.25, 0.3) is 0 Å². The third-order valence-corrected chi connectivity index (χ3v) is 2.98. The second-order valence-corrected chi connectivity index (χ2v) is 4.21. The van der Waals surface area contributed by atoms with E-state index in [1.165, 1.54) is 11.1 Å². The number of aryl methyl sites for hydroxylation is 1. The van der Waals surface area contributed by atoms with Crippen LogP contribution in [0, 0.1) is 6.92 Å². The number of hydrogen-bond donors (Lipinski definition) is 2. The molecule has 1 fully saturated rings. The zero-order valence-corrected chi connectivity index (χ0v) is 9.29. The molecule has 0 aliphatic carbocycles. The molecule has 82 valence electrons. The van der Waals surface area contributed by atoms with E-state index in [0.29, 0.717) is 0 Å². The zero-order valence-electron chi connectivity index (χ0n) is 9.29. The van der Waals surface area contributed by atoms with Gasteiger partial charge in [0.1, 0.15) is 0 Å². The Hall–Kier alpha value is -1.06. The van der Waals surface area contributed by atoms with Gasteiger partial charge in [-0.15, -0.1) is 0 Å². The topological polar surface area (TPSA) is 41.3 Å². The second kappa shape index (κ2) is 4.64. The lowest BCUT2D eigenvalue weighted by molar-refractivity contribution is 0.233. The van der Waals surface area contributed by atoms with Gasteiger partial charge in [-0.1, -0.05) is 6.07 Å². The van der Waals surface area contributed by atoms with E-state index in [2.05, 4.69) is 29.3 Å². The van der Waals surface area contributed by atoms with Crippen molar-refractivity contribution in [3.63, 3.8) is 0 Å². The Kier molecular flexibility index (Phi) is 3.23. The summed E-state index contributed by atoms with van der Waals surface area (Å²) in [4.78, 5) is 2.47. The van der Waals surface area contributed by atoms with Gasteiger partial charge in [-0.25, -0.2) is 0 Å². The Labute approximate surface area is 91.3 Å². The molecule has 0 bridgehead atoms. The highest BCUT2D eigenvalue weighted by Crippen LogP contribution is 2.15. The van der Waals surface area contributed by atoms with Crippen LogP contribution < -0.4 is 11.1 Å². The van der Waals surface area contributed by atoms with Crippen LogP contribution in [0.15, 0.2) is 18.2 Å². The molecule has 0 radical (unpaired) electrons. The minimum atomic E-state index is 0.866. The molecule has 2 rings (SSSR count). The summed E-state index contributed by atoms with van der Waals surface area (Å²) in [6.07, 6.45) is 0. The summed E-state index contributed by atoms with van der Waals surface area (Å²) in [5, 5.41) is 3.36. The lowest BCUT2D eigenvalue weighted by Crippen LogP contribution is -2.43. The van der Waals surface area contributed by atoms with Crippen LogP contribution in [0.5, 0.6) is 0 Å². The third-order valence-electron chi connectivity index (χ3n) is 2.98. The monoisotopic (exact) mass is 205 g/mol. The summed E-state index contributed by atoms with van der Waals surface area (Å²) >= 11 is 0. The first-order valence-electron chi connectivity index (χ1n) is 5.54. The molecule has 3 heteroatoms. The van der Waals surface area contributed by atoms with Crippen LogP contribution in [-0.4, -0.2) is 31.1 Å². The number of hydrogen-bond acceptors (Lipinski definition) is 3. The summed E-state index contributed by atoms with van der Waals surface area (Å²) in [7, 11) is 0. The van der Waals surface area contributed by atoms with Crippen LogP contribution in [0.2, 0.25) is 0 Å². The molecule has 0 unspecified atom stereocenters. The van der Waals surface area contributed by atoms with Gasteiger partial charge in [0, 0.05) is 38.4 Å². The van der Waals surface area contributed by atoms with E-state index < -0.39 is 0 Å². The van der Waals surface area contributed by atoms with E-state index in [1.807, 2.05) is 6.07 Å². The van der Waals surface area contributed by atoms with Crippen LogP contribution >= 0.6 is 0 Å². The van der Waals surface area contributed by atoms with E-state index in [-0.39, 0.29) is 0 Å². The predicted octanol–water partition coefficient (Wildman–Crippen LogP) is 0.982. The number of nitrogens with one attached hydrogen (secondary N) is 1. The Balaban J connectivity index is 2.05. The van der Waals surface area contributed by atoms with Crippen LogP contribution in [-0.2, 0) is 6.54 Å².